The van der Waals surface area contributed by atoms with E-state index in [1.165, 1.54) is 12.6 Å². The van der Waals surface area contributed by atoms with Gasteiger partial charge < -0.3 is 10.3 Å². The number of anilines is 1. The Morgan fingerprint density at radius 1 is 1.45 bits per heavy atom. The minimum atomic E-state index is -3.15. The smallest absolute Gasteiger partial charge is 0.211 e. The molecule has 0 radical (unpaired) electrons. The van der Waals surface area contributed by atoms with Crippen LogP contribution in [0.25, 0.3) is 11.0 Å². The molecule has 2 aromatic heterocycles. The second kappa shape index (κ2) is 5.85. The highest BCUT2D eigenvalue weighted by molar-refractivity contribution is 7.88. The van der Waals surface area contributed by atoms with Crippen molar-refractivity contribution in [3.8, 4) is 0 Å². The lowest BCUT2D eigenvalue weighted by Crippen LogP contribution is -2.38. The van der Waals surface area contributed by atoms with Crippen LogP contribution in [0.3, 0.4) is 0 Å². The maximum atomic E-state index is 11.8. The molecule has 3 rings (SSSR count). The van der Waals surface area contributed by atoms with Gasteiger partial charge in [-0.1, -0.05) is 6.92 Å². The summed E-state index contributed by atoms with van der Waals surface area (Å²) in [6.45, 7) is 3.25. The number of aromatic amines is 1. The Kier molecular flexibility index (Phi) is 4.05. The van der Waals surface area contributed by atoms with Crippen LogP contribution >= 0.6 is 0 Å². The van der Waals surface area contributed by atoms with E-state index in [1.807, 2.05) is 6.20 Å². The first kappa shape index (κ1) is 15.2. The fourth-order valence-electron chi connectivity index (χ4n) is 3.10. The molecule has 1 aliphatic heterocycles. The number of aryl methyl sites for hydroxylation is 1. The molecular formula is C14H21N5O2S. The molecule has 0 bridgehead atoms. The number of hydrogen-bond acceptors (Lipinski definition) is 5. The van der Waals surface area contributed by atoms with Gasteiger partial charge in [0.1, 0.15) is 17.8 Å². The van der Waals surface area contributed by atoms with Crippen molar-refractivity contribution in [1.82, 2.24) is 19.3 Å². The molecule has 0 aliphatic carbocycles. The second-order valence-electron chi connectivity index (χ2n) is 5.66. The van der Waals surface area contributed by atoms with Crippen molar-refractivity contribution in [3.63, 3.8) is 0 Å². The minimum absolute atomic E-state index is 0.0102. The highest BCUT2D eigenvalue weighted by Gasteiger charge is 2.31. The van der Waals surface area contributed by atoms with Crippen LogP contribution in [0.4, 0.5) is 5.82 Å². The molecule has 22 heavy (non-hydrogen) atoms. The van der Waals surface area contributed by atoms with E-state index in [1.54, 1.807) is 4.31 Å². The molecule has 1 saturated heterocycles. The molecule has 0 unspecified atom stereocenters. The average molecular weight is 323 g/mol. The predicted octanol–water partition coefficient (Wildman–Crippen LogP) is 1.36. The summed E-state index contributed by atoms with van der Waals surface area (Å²) >= 11 is 0. The molecule has 0 amide bonds. The number of sulfonamides is 1. The number of nitrogens with zero attached hydrogens (tertiary/aromatic N) is 3. The standard InChI is InChI=1S/C14H21N5O2S/c1-3-10-7-15-13-12(10)14(18-9-17-13)16-8-11-5-4-6-19(11)22(2,20)21/h7,9,11H,3-6,8H2,1-2H3,(H2,15,16,17,18)/t11-/m1/s1. The first-order chi connectivity index (χ1) is 10.5. The summed E-state index contributed by atoms with van der Waals surface area (Å²) in [4.78, 5) is 11.7. The Balaban J connectivity index is 1.81. The van der Waals surface area contributed by atoms with Crippen molar-refractivity contribution in [2.75, 3.05) is 24.7 Å². The van der Waals surface area contributed by atoms with Crippen LogP contribution in [0.1, 0.15) is 25.3 Å². The van der Waals surface area contributed by atoms with Gasteiger partial charge in [-0.2, -0.15) is 4.31 Å². The molecule has 2 aromatic rings. The summed E-state index contributed by atoms with van der Waals surface area (Å²) in [7, 11) is -3.15. The first-order valence-electron chi connectivity index (χ1n) is 7.52. The van der Waals surface area contributed by atoms with Crippen LogP contribution in [0.5, 0.6) is 0 Å². The number of fused-ring (bicyclic) bond motifs is 1. The van der Waals surface area contributed by atoms with Gasteiger partial charge in [-0.3, -0.25) is 0 Å². The van der Waals surface area contributed by atoms with Crippen molar-refractivity contribution in [1.29, 1.82) is 0 Å². The monoisotopic (exact) mass is 323 g/mol. The van der Waals surface area contributed by atoms with E-state index in [4.69, 9.17) is 0 Å². The molecule has 0 aromatic carbocycles. The van der Waals surface area contributed by atoms with E-state index in [-0.39, 0.29) is 6.04 Å². The van der Waals surface area contributed by atoms with Gasteiger partial charge >= 0.3 is 0 Å². The fourth-order valence-corrected chi connectivity index (χ4v) is 4.29. The maximum absolute atomic E-state index is 11.8. The summed E-state index contributed by atoms with van der Waals surface area (Å²) in [5.41, 5.74) is 1.96. The quantitative estimate of drug-likeness (QED) is 0.867. The topological polar surface area (TPSA) is 91.0 Å². The van der Waals surface area contributed by atoms with Crippen LogP contribution in [-0.4, -0.2) is 53.1 Å². The first-order valence-corrected chi connectivity index (χ1v) is 9.37. The molecule has 1 fully saturated rings. The van der Waals surface area contributed by atoms with Crippen molar-refractivity contribution >= 4 is 26.9 Å². The van der Waals surface area contributed by atoms with E-state index < -0.39 is 10.0 Å². The number of rotatable bonds is 5. The molecule has 1 atom stereocenters. The molecule has 7 nitrogen and oxygen atoms in total. The third-order valence-corrected chi connectivity index (χ3v) is 5.52. The van der Waals surface area contributed by atoms with Crippen molar-refractivity contribution in [2.45, 2.75) is 32.2 Å². The van der Waals surface area contributed by atoms with Crippen LogP contribution in [0.2, 0.25) is 0 Å². The Hall–Kier alpha value is -1.67. The highest BCUT2D eigenvalue weighted by Crippen LogP contribution is 2.25. The normalized spacial score (nSPS) is 19.8. The van der Waals surface area contributed by atoms with Crippen LogP contribution in [0, 0.1) is 0 Å². The average Bonchev–Trinajstić information content (AvgIpc) is 3.11. The Bertz CT molecular complexity index is 771. The zero-order valence-electron chi connectivity index (χ0n) is 12.8. The lowest BCUT2D eigenvalue weighted by atomic mass is 10.2. The SMILES string of the molecule is CCc1c[nH]c2ncnc(NC[C@H]3CCCN3S(C)(=O)=O)c12. The Morgan fingerprint density at radius 3 is 3.00 bits per heavy atom. The third kappa shape index (κ3) is 2.80. The number of H-pyrrole nitrogens is 1. The van der Waals surface area contributed by atoms with Crippen LogP contribution < -0.4 is 5.32 Å². The van der Waals surface area contributed by atoms with Crippen LogP contribution in [0.15, 0.2) is 12.5 Å². The van der Waals surface area contributed by atoms with E-state index >= 15 is 0 Å². The van der Waals surface area contributed by atoms with Gasteiger partial charge in [-0.15, -0.1) is 0 Å². The summed E-state index contributed by atoms with van der Waals surface area (Å²) in [6, 6.07) is -0.0102. The van der Waals surface area contributed by atoms with Gasteiger partial charge in [0.2, 0.25) is 10.0 Å². The van der Waals surface area contributed by atoms with E-state index in [2.05, 4.69) is 27.2 Å². The van der Waals surface area contributed by atoms with E-state index in [0.29, 0.717) is 13.1 Å². The van der Waals surface area contributed by atoms with Gasteiger partial charge in [-0.05, 0) is 24.8 Å². The second-order valence-corrected chi connectivity index (χ2v) is 7.60. The van der Waals surface area contributed by atoms with Crippen molar-refractivity contribution < 1.29 is 8.42 Å². The Labute approximate surface area is 130 Å². The molecule has 8 heteroatoms. The van der Waals surface area contributed by atoms with E-state index in [0.717, 1.165) is 41.7 Å². The highest BCUT2D eigenvalue weighted by atomic mass is 32.2. The van der Waals surface area contributed by atoms with Gasteiger partial charge in [0.15, 0.2) is 0 Å². The van der Waals surface area contributed by atoms with Gasteiger partial charge in [0.05, 0.1) is 11.6 Å². The molecular weight excluding hydrogens is 302 g/mol. The third-order valence-electron chi connectivity index (χ3n) is 4.19. The fraction of sp³-hybridized carbons (Fsp3) is 0.571. The molecule has 1 aliphatic rings. The van der Waals surface area contributed by atoms with Crippen molar-refractivity contribution in [2.24, 2.45) is 0 Å². The van der Waals surface area contributed by atoms with Crippen molar-refractivity contribution in [3.05, 3.63) is 18.1 Å². The number of hydrogen-bond donors (Lipinski definition) is 2. The van der Waals surface area contributed by atoms with E-state index in [9.17, 15) is 8.42 Å². The summed E-state index contributed by atoms with van der Waals surface area (Å²) in [5.74, 6) is 0.767. The molecule has 2 N–H and O–H groups in total. The summed E-state index contributed by atoms with van der Waals surface area (Å²) in [5, 5.41) is 4.31. The summed E-state index contributed by atoms with van der Waals surface area (Å²) < 4.78 is 25.2. The number of nitrogens with one attached hydrogen (secondary N) is 2. The predicted molar refractivity (Wildman–Crippen MR) is 86.3 cm³/mol. The zero-order valence-corrected chi connectivity index (χ0v) is 13.7. The molecule has 0 saturated carbocycles. The molecule has 0 spiro atoms. The lowest BCUT2D eigenvalue weighted by Gasteiger charge is -2.22. The zero-order chi connectivity index (χ0) is 15.7. The number of aromatic nitrogens is 3. The molecule has 120 valence electrons. The minimum Gasteiger partial charge on any atom is -0.368 e. The van der Waals surface area contributed by atoms with Crippen LogP contribution in [-0.2, 0) is 16.4 Å². The Morgan fingerprint density at radius 2 is 2.27 bits per heavy atom. The summed E-state index contributed by atoms with van der Waals surface area (Å²) in [6.07, 6.45) is 7.41. The van der Waals surface area contributed by atoms with Gasteiger partial charge in [0.25, 0.3) is 0 Å². The molecule has 3 heterocycles. The maximum Gasteiger partial charge on any atom is 0.211 e. The largest absolute Gasteiger partial charge is 0.368 e. The van der Waals surface area contributed by atoms with Gasteiger partial charge in [-0.25, -0.2) is 18.4 Å². The van der Waals surface area contributed by atoms with Gasteiger partial charge in [0, 0.05) is 25.3 Å². The lowest BCUT2D eigenvalue weighted by molar-refractivity contribution is 0.402.